The van der Waals surface area contributed by atoms with Crippen molar-refractivity contribution in [2.24, 2.45) is 0 Å². The molecule has 0 saturated heterocycles. The average Bonchev–Trinajstić information content (AvgIpc) is 3.37. The van der Waals surface area contributed by atoms with E-state index in [9.17, 15) is 0 Å². The van der Waals surface area contributed by atoms with Crippen molar-refractivity contribution in [3.63, 3.8) is 0 Å². The predicted octanol–water partition coefficient (Wildman–Crippen LogP) is 4.04. The number of thiophene rings is 1. The molecule has 0 unspecified atom stereocenters. The summed E-state index contributed by atoms with van der Waals surface area (Å²) in [6.07, 6.45) is 9.11. The number of hydrogen-bond donors (Lipinski definition) is 1. The Bertz CT molecular complexity index is 1050. The highest BCUT2D eigenvalue weighted by Gasteiger charge is 2.21. The number of imidazole rings is 1. The molecule has 5 rings (SSSR count). The summed E-state index contributed by atoms with van der Waals surface area (Å²) >= 11 is 1.82. The van der Waals surface area contributed by atoms with Crippen LogP contribution in [0.25, 0.3) is 10.2 Å². The minimum Gasteiger partial charge on any atom is -0.362 e. The molecule has 0 amide bonds. The second-order valence-corrected chi connectivity index (χ2v) is 7.65. The molecule has 0 radical (unpaired) electrons. The van der Waals surface area contributed by atoms with Crippen molar-refractivity contribution in [3.8, 4) is 0 Å². The van der Waals surface area contributed by atoms with E-state index in [0.29, 0.717) is 6.54 Å². The number of aromatic nitrogens is 4. The lowest BCUT2D eigenvalue weighted by Crippen LogP contribution is -2.10. The second-order valence-electron chi connectivity index (χ2n) is 6.57. The lowest BCUT2D eigenvalue weighted by Gasteiger charge is -2.10. The van der Waals surface area contributed by atoms with Crippen LogP contribution in [0.5, 0.6) is 0 Å². The Labute approximate surface area is 155 Å². The van der Waals surface area contributed by atoms with E-state index in [1.807, 2.05) is 29.8 Å². The molecule has 1 aliphatic rings. The minimum atomic E-state index is 0.649. The van der Waals surface area contributed by atoms with Crippen molar-refractivity contribution >= 4 is 27.4 Å². The van der Waals surface area contributed by atoms with Gasteiger partial charge < -0.3 is 9.88 Å². The first-order valence-electron chi connectivity index (χ1n) is 8.91. The SMILES string of the molecule is c1ccc(Cn2ccnc2CNc2ncnc3sc4c(c23)CCC4)cc1. The molecular formula is C20H19N5S. The second kappa shape index (κ2) is 6.53. The van der Waals surface area contributed by atoms with Gasteiger partial charge in [-0.3, -0.25) is 0 Å². The van der Waals surface area contributed by atoms with E-state index in [0.717, 1.165) is 29.4 Å². The number of nitrogens with one attached hydrogen (secondary N) is 1. The van der Waals surface area contributed by atoms with Crippen molar-refractivity contribution in [2.45, 2.75) is 32.4 Å². The first-order chi connectivity index (χ1) is 12.9. The third-order valence-corrected chi connectivity index (χ3v) is 6.11. The largest absolute Gasteiger partial charge is 0.362 e. The van der Waals surface area contributed by atoms with E-state index >= 15 is 0 Å². The molecule has 130 valence electrons. The first kappa shape index (κ1) is 15.5. The van der Waals surface area contributed by atoms with Gasteiger partial charge in [-0.05, 0) is 30.4 Å². The van der Waals surface area contributed by atoms with Crippen molar-refractivity contribution in [2.75, 3.05) is 5.32 Å². The van der Waals surface area contributed by atoms with E-state index in [1.54, 1.807) is 6.33 Å². The van der Waals surface area contributed by atoms with Crippen LogP contribution in [-0.2, 0) is 25.9 Å². The van der Waals surface area contributed by atoms with Gasteiger partial charge in [-0.1, -0.05) is 30.3 Å². The molecule has 26 heavy (non-hydrogen) atoms. The Morgan fingerprint density at radius 1 is 1.08 bits per heavy atom. The number of fused-ring (bicyclic) bond motifs is 3. The Morgan fingerprint density at radius 2 is 2.00 bits per heavy atom. The third kappa shape index (κ3) is 2.76. The molecule has 0 bridgehead atoms. The highest BCUT2D eigenvalue weighted by atomic mass is 32.1. The summed E-state index contributed by atoms with van der Waals surface area (Å²) in [4.78, 5) is 16.1. The van der Waals surface area contributed by atoms with Crippen LogP contribution in [0.4, 0.5) is 5.82 Å². The molecule has 0 atom stereocenters. The number of benzene rings is 1. The van der Waals surface area contributed by atoms with Gasteiger partial charge in [0.15, 0.2) is 0 Å². The van der Waals surface area contributed by atoms with Gasteiger partial charge >= 0.3 is 0 Å². The van der Waals surface area contributed by atoms with Crippen LogP contribution < -0.4 is 5.32 Å². The maximum absolute atomic E-state index is 4.53. The fourth-order valence-corrected chi connectivity index (χ4v) is 4.89. The standard InChI is InChI=1S/C20H19N5S/c1-2-5-14(6-3-1)12-25-10-9-21-17(25)11-22-19-18-15-7-4-8-16(15)26-20(18)24-13-23-19/h1-3,5-6,9-10,13H,4,7-8,11-12H2,(H,22,23,24). The fraction of sp³-hybridized carbons (Fsp3) is 0.250. The van der Waals surface area contributed by atoms with Gasteiger partial charge in [-0.15, -0.1) is 11.3 Å². The molecule has 1 aliphatic carbocycles. The third-order valence-electron chi connectivity index (χ3n) is 4.91. The van der Waals surface area contributed by atoms with Gasteiger partial charge in [0.05, 0.1) is 11.9 Å². The lowest BCUT2D eigenvalue weighted by atomic mass is 10.2. The Morgan fingerprint density at radius 3 is 2.92 bits per heavy atom. The molecule has 1 N–H and O–H groups in total. The van der Waals surface area contributed by atoms with E-state index in [2.05, 4.69) is 49.1 Å². The highest BCUT2D eigenvalue weighted by molar-refractivity contribution is 7.19. The van der Waals surface area contributed by atoms with E-state index in [-0.39, 0.29) is 0 Å². The first-order valence-corrected chi connectivity index (χ1v) is 9.73. The van der Waals surface area contributed by atoms with Crippen LogP contribution in [0.3, 0.4) is 0 Å². The summed E-state index contributed by atoms with van der Waals surface area (Å²) < 4.78 is 2.18. The number of rotatable bonds is 5. The lowest BCUT2D eigenvalue weighted by molar-refractivity contribution is 0.734. The van der Waals surface area contributed by atoms with Crippen molar-refractivity contribution in [3.05, 3.63) is 70.9 Å². The van der Waals surface area contributed by atoms with E-state index in [1.165, 1.54) is 34.2 Å². The van der Waals surface area contributed by atoms with Crippen LogP contribution >= 0.6 is 11.3 Å². The highest BCUT2D eigenvalue weighted by Crippen LogP contribution is 2.39. The van der Waals surface area contributed by atoms with E-state index < -0.39 is 0 Å². The minimum absolute atomic E-state index is 0.649. The van der Waals surface area contributed by atoms with Crippen LogP contribution in [0.2, 0.25) is 0 Å². The smallest absolute Gasteiger partial charge is 0.138 e. The Balaban J connectivity index is 1.39. The molecule has 1 aromatic carbocycles. The topological polar surface area (TPSA) is 55.6 Å². The summed E-state index contributed by atoms with van der Waals surface area (Å²) in [5, 5.41) is 4.72. The zero-order valence-corrected chi connectivity index (χ0v) is 15.2. The summed E-state index contributed by atoms with van der Waals surface area (Å²) in [6.45, 7) is 1.47. The van der Waals surface area contributed by atoms with Gasteiger partial charge in [-0.25, -0.2) is 15.0 Å². The van der Waals surface area contributed by atoms with Gasteiger partial charge in [0.25, 0.3) is 0 Å². The van der Waals surface area contributed by atoms with E-state index in [4.69, 9.17) is 0 Å². The van der Waals surface area contributed by atoms with Gasteiger partial charge in [-0.2, -0.15) is 0 Å². The van der Waals surface area contributed by atoms with Crippen LogP contribution in [0, 0.1) is 0 Å². The normalized spacial score (nSPS) is 13.2. The van der Waals surface area contributed by atoms with Gasteiger partial charge in [0.1, 0.15) is 22.8 Å². The van der Waals surface area contributed by atoms with Crippen LogP contribution in [0.1, 0.15) is 28.2 Å². The monoisotopic (exact) mass is 361 g/mol. The quantitative estimate of drug-likeness (QED) is 0.583. The zero-order chi connectivity index (χ0) is 17.3. The molecule has 3 heterocycles. The molecule has 0 spiro atoms. The summed E-state index contributed by atoms with van der Waals surface area (Å²) in [7, 11) is 0. The molecule has 4 aromatic rings. The molecule has 0 saturated carbocycles. The van der Waals surface area contributed by atoms with Gasteiger partial charge in [0, 0.05) is 23.8 Å². The average molecular weight is 361 g/mol. The molecule has 0 fully saturated rings. The van der Waals surface area contributed by atoms with Crippen molar-refractivity contribution in [1.82, 2.24) is 19.5 Å². The Kier molecular flexibility index (Phi) is 3.90. The summed E-state index contributed by atoms with van der Waals surface area (Å²) in [5.74, 6) is 1.94. The number of aryl methyl sites for hydroxylation is 2. The summed E-state index contributed by atoms with van der Waals surface area (Å²) in [5.41, 5.74) is 2.72. The molecule has 3 aromatic heterocycles. The predicted molar refractivity (Wildman–Crippen MR) is 105 cm³/mol. The molecular weight excluding hydrogens is 342 g/mol. The molecule has 5 nitrogen and oxygen atoms in total. The number of nitrogens with zero attached hydrogens (tertiary/aromatic N) is 4. The van der Waals surface area contributed by atoms with Gasteiger partial charge in [0.2, 0.25) is 0 Å². The zero-order valence-electron chi connectivity index (χ0n) is 14.4. The number of anilines is 1. The Hall–Kier alpha value is -2.73. The molecule has 6 heteroatoms. The number of hydrogen-bond acceptors (Lipinski definition) is 5. The molecule has 0 aliphatic heterocycles. The fourth-order valence-electron chi connectivity index (χ4n) is 3.66. The van der Waals surface area contributed by atoms with Crippen LogP contribution in [-0.4, -0.2) is 19.5 Å². The maximum atomic E-state index is 4.53. The summed E-state index contributed by atoms with van der Waals surface area (Å²) in [6, 6.07) is 10.5. The van der Waals surface area contributed by atoms with Crippen LogP contribution in [0.15, 0.2) is 49.1 Å². The van der Waals surface area contributed by atoms with Crippen molar-refractivity contribution in [1.29, 1.82) is 0 Å². The van der Waals surface area contributed by atoms with Crippen molar-refractivity contribution < 1.29 is 0 Å². The maximum Gasteiger partial charge on any atom is 0.138 e.